The molecule has 0 aromatic heterocycles. The van der Waals surface area contributed by atoms with Gasteiger partial charge in [-0.25, -0.2) is 0 Å². The normalized spacial score (nSPS) is 14.3. The minimum atomic E-state index is -0.102. The summed E-state index contributed by atoms with van der Waals surface area (Å²) in [5, 5.41) is 14.6. The van der Waals surface area contributed by atoms with Crippen molar-refractivity contribution in [3.8, 4) is 0 Å². The number of fused-ring (bicyclic) bond motifs is 1. The van der Waals surface area contributed by atoms with Crippen LogP contribution in [0.4, 0.5) is 0 Å². The highest BCUT2D eigenvalue weighted by atomic mass is 16.3. The van der Waals surface area contributed by atoms with Gasteiger partial charge in [-0.05, 0) is 30.2 Å². The van der Waals surface area contributed by atoms with Gasteiger partial charge < -0.3 is 15.7 Å². The van der Waals surface area contributed by atoms with Gasteiger partial charge in [-0.1, -0.05) is 12.1 Å². The predicted octanol–water partition coefficient (Wildman–Crippen LogP) is 0.0544. The van der Waals surface area contributed by atoms with Gasteiger partial charge in [0.05, 0.1) is 6.61 Å². The number of hydrogen-bond acceptors (Lipinski definition) is 3. The molecule has 4 heteroatoms. The number of carbonyl (C=O) groups excluding carboxylic acids is 1. The van der Waals surface area contributed by atoms with Crippen LogP contribution in [0.1, 0.15) is 21.5 Å². The lowest BCUT2D eigenvalue weighted by atomic mass is 9.95. The molecule has 2 rings (SSSR count). The molecule has 1 aromatic carbocycles. The maximum absolute atomic E-state index is 11.8. The lowest BCUT2D eigenvalue weighted by Gasteiger charge is -2.19. The first kappa shape index (κ1) is 11.1. The van der Waals surface area contributed by atoms with Crippen LogP contribution in [0.15, 0.2) is 18.2 Å². The lowest BCUT2D eigenvalue weighted by Crippen LogP contribution is -2.31. The third-order valence-corrected chi connectivity index (χ3v) is 2.79. The molecule has 4 nitrogen and oxygen atoms in total. The van der Waals surface area contributed by atoms with Gasteiger partial charge in [-0.15, -0.1) is 0 Å². The molecule has 1 amide bonds. The average Bonchev–Trinajstić information content (AvgIpc) is 2.35. The van der Waals surface area contributed by atoms with Gasteiger partial charge in [0.15, 0.2) is 0 Å². The van der Waals surface area contributed by atoms with Gasteiger partial charge in [0, 0.05) is 18.7 Å². The maximum Gasteiger partial charge on any atom is 0.251 e. The van der Waals surface area contributed by atoms with Crippen LogP contribution in [0.25, 0.3) is 0 Å². The second-order valence-corrected chi connectivity index (χ2v) is 3.85. The van der Waals surface area contributed by atoms with Crippen molar-refractivity contribution in [3.63, 3.8) is 0 Å². The molecule has 1 aromatic rings. The number of aliphatic hydroxyl groups excluding tert-OH is 1. The summed E-state index contributed by atoms with van der Waals surface area (Å²) >= 11 is 0. The summed E-state index contributed by atoms with van der Waals surface area (Å²) in [5.74, 6) is -0.102. The molecule has 0 bridgehead atoms. The van der Waals surface area contributed by atoms with Gasteiger partial charge in [0.2, 0.25) is 0 Å². The predicted molar refractivity (Wildman–Crippen MR) is 61.3 cm³/mol. The second kappa shape index (κ2) is 5.09. The van der Waals surface area contributed by atoms with E-state index in [1.807, 2.05) is 12.1 Å². The number of carbonyl (C=O) groups is 1. The molecule has 86 valence electrons. The molecule has 3 N–H and O–H groups in total. The van der Waals surface area contributed by atoms with E-state index in [1.54, 1.807) is 0 Å². The van der Waals surface area contributed by atoms with Crippen molar-refractivity contribution < 1.29 is 9.90 Å². The molecule has 0 saturated carbocycles. The number of rotatable bonds is 3. The highest BCUT2D eigenvalue weighted by Gasteiger charge is 2.16. The number of hydrogen-bond donors (Lipinski definition) is 3. The fourth-order valence-electron chi connectivity index (χ4n) is 1.99. The Morgan fingerprint density at radius 3 is 3.19 bits per heavy atom. The smallest absolute Gasteiger partial charge is 0.251 e. The molecule has 0 fully saturated rings. The number of aliphatic hydroxyl groups is 1. The van der Waals surface area contributed by atoms with Gasteiger partial charge in [0.25, 0.3) is 5.91 Å². The Labute approximate surface area is 94.7 Å². The van der Waals surface area contributed by atoms with E-state index in [0.717, 1.165) is 30.6 Å². The third kappa shape index (κ3) is 2.23. The Morgan fingerprint density at radius 1 is 1.50 bits per heavy atom. The average molecular weight is 220 g/mol. The zero-order chi connectivity index (χ0) is 11.4. The summed E-state index contributed by atoms with van der Waals surface area (Å²) in [4.78, 5) is 11.8. The fourth-order valence-corrected chi connectivity index (χ4v) is 1.99. The minimum Gasteiger partial charge on any atom is -0.395 e. The van der Waals surface area contributed by atoms with Crippen LogP contribution < -0.4 is 10.6 Å². The van der Waals surface area contributed by atoms with Crippen LogP contribution in [0.5, 0.6) is 0 Å². The monoisotopic (exact) mass is 220 g/mol. The van der Waals surface area contributed by atoms with Crippen molar-refractivity contribution in [2.45, 2.75) is 13.0 Å². The van der Waals surface area contributed by atoms with Crippen molar-refractivity contribution in [3.05, 3.63) is 34.9 Å². The first-order valence-electron chi connectivity index (χ1n) is 5.53. The Hall–Kier alpha value is -1.39. The van der Waals surface area contributed by atoms with E-state index in [1.165, 1.54) is 5.56 Å². The molecule has 1 heterocycles. The lowest BCUT2D eigenvalue weighted by molar-refractivity contribution is 0.0943. The summed E-state index contributed by atoms with van der Waals surface area (Å²) in [6.45, 7) is 1.99. The van der Waals surface area contributed by atoms with Crippen LogP contribution in [0, 0.1) is 0 Å². The summed E-state index contributed by atoms with van der Waals surface area (Å²) in [6, 6.07) is 5.82. The Kier molecular flexibility index (Phi) is 3.54. The minimum absolute atomic E-state index is 0.0288. The summed E-state index contributed by atoms with van der Waals surface area (Å²) in [6.07, 6.45) is 0.969. The molecule has 1 aliphatic rings. The zero-order valence-electron chi connectivity index (χ0n) is 9.12. The highest BCUT2D eigenvalue weighted by Crippen LogP contribution is 2.18. The molecule has 0 saturated heterocycles. The number of amides is 1. The van der Waals surface area contributed by atoms with Crippen LogP contribution in [-0.2, 0) is 13.0 Å². The van der Waals surface area contributed by atoms with Crippen molar-refractivity contribution >= 4 is 5.91 Å². The van der Waals surface area contributed by atoms with E-state index in [0.29, 0.717) is 6.54 Å². The Bertz CT molecular complexity index is 391. The summed E-state index contributed by atoms with van der Waals surface area (Å²) < 4.78 is 0. The molecule has 1 aliphatic heterocycles. The van der Waals surface area contributed by atoms with E-state index in [9.17, 15) is 4.79 Å². The molecule has 0 aliphatic carbocycles. The largest absolute Gasteiger partial charge is 0.395 e. The van der Waals surface area contributed by atoms with Crippen molar-refractivity contribution in [2.24, 2.45) is 0 Å². The van der Waals surface area contributed by atoms with E-state index in [-0.39, 0.29) is 12.5 Å². The zero-order valence-corrected chi connectivity index (χ0v) is 9.12. The van der Waals surface area contributed by atoms with Crippen LogP contribution in [0.2, 0.25) is 0 Å². The van der Waals surface area contributed by atoms with Gasteiger partial charge in [-0.3, -0.25) is 4.79 Å². The van der Waals surface area contributed by atoms with Crippen molar-refractivity contribution in [2.75, 3.05) is 19.7 Å². The maximum atomic E-state index is 11.8. The van der Waals surface area contributed by atoms with Crippen molar-refractivity contribution in [1.29, 1.82) is 0 Å². The van der Waals surface area contributed by atoms with E-state index >= 15 is 0 Å². The molecule has 0 spiro atoms. The topological polar surface area (TPSA) is 61.4 Å². The van der Waals surface area contributed by atoms with Crippen molar-refractivity contribution in [1.82, 2.24) is 10.6 Å². The molecular formula is C12H16N2O2. The van der Waals surface area contributed by atoms with Crippen LogP contribution >= 0.6 is 0 Å². The second-order valence-electron chi connectivity index (χ2n) is 3.85. The molecule has 0 unspecified atom stereocenters. The Morgan fingerprint density at radius 2 is 2.38 bits per heavy atom. The fraction of sp³-hybridized carbons (Fsp3) is 0.417. The van der Waals surface area contributed by atoms with Gasteiger partial charge >= 0.3 is 0 Å². The molecular weight excluding hydrogens is 204 g/mol. The summed E-state index contributed by atoms with van der Waals surface area (Å²) in [7, 11) is 0. The van der Waals surface area contributed by atoms with Crippen LogP contribution in [0.3, 0.4) is 0 Å². The quantitative estimate of drug-likeness (QED) is 0.674. The third-order valence-electron chi connectivity index (χ3n) is 2.79. The Balaban J connectivity index is 2.23. The van der Waals surface area contributed by atoms with Gasteiger partial charge in [-0.2, -0.15) is 0 Å². The van der Waals surface area contributed by atoms with E-state index < -0.39 is 0 Å². The highest BCUT2D eigenvalue weighted by molar-refractivity contribution is 5.96. The molecule has 0 radical (unpaired) electrons. The SMILES string of the molecule is O=C(NCCO)c1cccc2c1CNCC2. The molecule has 0 atom stereocenters. The number of nitrogens with one attached hydrogen (secondary N) is 2. The van der Waals surface area contributed by atoms with Crippen LogP contribution in [-0.4, -0.2) is 30.7 Å². The van der Waals surface area contributed by atoms with Gasteiger partial charge in [0.1, 0.15) is 0 Å². The summed E-state index contributed by atoms with van der Waals surface area (Å²) in [5.41, 5.74) is 3.05. The van der Waals surface area contributed by atoms with E-state index in [4.69, 9.17) is 5.11 Å². The molecule has 16 heavy (non-hydrogen) atoms. The first-order valence-corrected chi connectivity index (χ1v) is 5.53. The number of benzene rings is 1. The standard InChI is InChI=1S/C12H16N2O2/c15-7-6-14-12(16)10-3-1-2-9-4-5-13-8-11(9)10/h1-3,13,15H,4-8H2,(H,14,16). The van der Waals surface area contributed by atoms with E-state index in [2.05, 4.69) is 16.7 Å². The first-order chi connectivity index (χ1) is 7.83.